The molecule has 0 saturated carbocycles. The molecule has 1 aliphatic heterocycles. The summed E-state index contributed by atoms with van der Waals surface area (Å²) < 4.78 is 5.29. The number of likely N-dealkylation sites (tertiary alicyclic amines) is 1. The summed E-state index contributed by atoms with van der Waals surface area (Å²) in [6.07, 6.45) is 3.92. The molecule has 1 fully saturated rings. The van der Waals surface area contributed by atoms with Gasteiger partial charge in [-0.05, 0) is 12.8 Å². The normalized spacial score (nSPS) is 18.7. The van der Waals surface area contributed by atoms with Gasteiger partial charge in [0.1, 0.15) is 6.04 Å². The highest BCUT2D eigenvalue weighted by Crippen LogP contribution is 2.20. The van der Waals surface area contributed by atoms with E-state index in [0.29, 0.717) is 23.3 Å². The Kier molecular flexibility index (Phi) is 3.45. The van der Waals surface area contributed by atoms with E-state index in [1.807, 2.05) is 0 Å². The third-order valence-electron chi connectivity index (χ3n) is 3.04. The van der Waals surface area contributed by atoms with Gasteiger partial charge >= 0.3 is 5.97 Å². The lowest BCUT2D eigenvalue weighted by molar-refractivity contribution is -0.605. The second-order valence-corrected chi connectivity index (χ2v) is 4.13. The molecule has 2 rings (SSSR count). The van der Waals surface area contributed by atoms with E-state index < -0.39 is 12.0 Å². The Hall–Kier alpha value is -2.11. The van der Waals surface area contributed by atoms with Gasteiger partial charge < -0.3 is 14.8 Å². The summed E-state index contributed by atoms with van der Waals surface area (Å²) in [6.45, 7) is 0.533. The molecular formula is C12H14N2O4. The van der Waals surface area contributed by atoms with Crippen LogP contribution in [-0.4, -0.2) is 36.5 Å². The fourth-order valence-electron chi connectivity index (χ4n) is 2.11. The molecule has 1 aliphatic rings. The molecule has 1 aromatic rings. The molecule has 18 heavy (non-hydrogen) atoms. The molecular weight excluding hydrogens is 236 g/mol. The predicted molar refractivity (Wildman–Crippen MR) is 61.5 cm³/mol. The lowest BCUT2D eigenvalue weighted by Gasteiger charge is -2.22. The van der Waals surface area contributed by atoms with Crippen molar-refractivity contribution in [1.29, 1.82) is 0 Å². The van der Waals surface area contributed by atoms with Gasteiger partial charge in [-0.15, -0.1) is 0 Å². The summed E-state index contributed by atoms with van der Waals surface area (Å²) in [7, 11) is 1.31. The number of rotatable bonds is 2. The van der Waals surface area contributed by atoms with Gasteiger partial charge in [-0.25, -0.2) is 4.79 Å². The van der Waals surface area contributed by atoms with E-state index in [2.05, 4.69) is 4.74 Å². The van der Waals surface area contributed by atoms with E-state index >= 15 is 0 Å². The first-order valence-electron chi connectivity index (χ1n) is 5.71. The Balaban J connectivity index is 2.17. The number of hydrogen-bond donors (Lipinski definition) is 0. The number of hydrogen-bond acceptors (Lipinski definition) is 4. The predicted octanol–water partition coefficient (Wildman–Crippen LogP) is 0.0976. The zero-order valence-electron chi connectivity index (χ0n) is 10.0. The van der Waals surface area contributed by atoms with Crippen LogP contribution in [0.2, 0.25) is 0 Å². The summed E-state index contributed by atoms with van der Waals surface area (Å²) in [5.74, 6) is -0.640. The van der Waals surface area contributed by atoms with Crippen LogP contribution < -0.4 is 4.73 Å². The number of carbonyl (C=O) groups is 2. The van der Waals surface area contributed by atoms with Gasteiger partial charge in [-0.1, -0.05) is 0 Å². The molecule has 0 spiro atoms. The second-order valence-electron chi connectivity index (χ2n) is 4.13. The Morgan fingerprint density at radius 3 is 2.72 bits per heavy atom. The maximum atomic E-state index is 12.2. The van der Waals surface area contributed by atoms with E-state index in [1.165, 1.54) is 36.5 Å². The van der Waals surface area contributed by atoms with Gasteiger partial charge in [-0.3, -0.25) is 4.79 Å². The number of methoxy groups -OCH3 is 1. The molecule has 0 aromatic carbocycles. The van der Waals surface area contributed by atoms with E-state index in [9.17, 15) is 14.8 Å². The van der Waals surface area contributed by atoms with Gasteiger partial charge in [0, 0.05) is 18.7 Å². The molecule has 0 radical (unpaired) electrons. The molecule has 1 amide bonds. The third kappa shape index (κ3) is 2.27. The van der Waals surface area contributed by atoms with Crippen molar-refractivity contribution in [2.75, 3.05) is 13.7 Å². The number of carbonyl (C=O) groups excluding carboxylic acids is 2. The standard InChI is InChI=1S/C12H14N2O4/c1-18-12(16)10-3-2-6-14(10)11(15)9-4-7-13(17)8-5-9/h4-5,7-8,10H,2-3,6H2,1H3. The second kappa shape index (κ2) is 5.03. The summed E-state index contributed by atoms with van der Waals surface area (Å²) in [5, 5.41) is 10.9. The minimum absolute atomic E-state index is 0.247. The molecule has 1 unspecified atom stereocenters. The smallest absolute Gasteiger partial charge is 0.328 e. The monoisotopic (exact) mass is 250 g/mol. The lowest BCUT2D eigenvalue weighted by atomic mass is 10.2. The Bertz CT molecular complexity index is 458. The first-order chi connectivity index (χ1) is 8.63. The van der Waals surface area contributed by atoms with Crippen LogP contribution in [0.15, 0.2) is 24.5 Å². The molecule has 2 heterocycles. The average Bonchev–Trinajstić information content (AvgIpc) is 2.87. The molecule has 0 aliphatic carbocycles. The number of ether oxygens (including phenoxy) is 1. The fourth-order valence-corrected chi connectivity index (χ4v) is 2.11. The topological polar surface area (TPSA) is 73.5 Å². The van der Waals surface area contributed by atoms with Gasteiger partial charge in [-0.2, -0.15) is 4.73 Å². The Morgan fingerprint density at radius 1 is 1.44 bits per heavy atom. The molecule has 0 N–H and O–H groups in total. The van der Waals surface area contributed by atoms with E-state index in [-0.39, 0.29) is 5.91 Å². The average molecular weight is 250 g/mol. The van der Waals surface area contributed by atoms with Gasteiger partial charge in [0.05, 0.1) is 12.7 Å². The van der Waals surface area contributed by atoms with Gasteiger partial charge in [0.2, 0.25) is 0 Å². The first kappa shape index (κ1) is 12.3. The number of esters is 1. The SMILES string of the molecule is COC(=O)C1CCCN1C(=O)c1cc[n+]([O-])cc1. The van der Waals surface area contributed by atoms with Crippen molar-refractivity contribution in [2.45, 2.75) is 18.9 Å². The molecule has 6 nitrogen and oxygen atoms in total. The number of aromatic nitrogens is 1. The van der Waals surface area contributed by atoms with Crippen LogP contribution in [-0.2, 0) is 9.53 Å². The number of nitrogens with zero attached hydrogens (tertiary/aromatic N) is 2. The van der Waals surface area contributed by atoms with Crippen LogP contribution in [0.25, 0.3) is 0 Å². The Labute approximate surface area is 104 Å². The molecule has 96 valence electrons. The number of amides is 1. The minimum Gasteiger partial charge on any atom is -0.619 e. The largest absolute Gasteiger partial charge is 0.619 e. The first-order valence-corrected chi connectivity index (χ1v) is 5.71. The maximum Gasteiger partial charge on any atom is 0.328 e. The van der Waals surface area contributed by atoms with Crippen LogP contribution in [0.3, 0.4) is 0 Å². The quantitative estimate of drug-likeness (QED) is 0.424. The van der Waals surface area contributed by atoms with Crippen LogP contribution in [0.4, 0.5) is 0 Å². The van der Waals surface area contributed by atoms with Gasteiger partial charge in [0.15, 0.2) is 12.4 Å². The molecule has 6 heteroatoms. The zero-order valence-corrected chi connectivity index (χ0v) is 10.0. The van der Waals surface area contributed by atoms with Crippen molar-refractivity contribution in [3.8, 4) is 0 Å². The summed E-state index contributed by atoms with van der Waals surface area (Å²) in [5.41, 5.74) is 0.401. The summed E-state index contributed by atoms with van der Waals surface area (Å²) >= 11 is 0. The van der Waals surface area contributed by atoms with Crippen molar-refractivity contribution < 1.29 is 19.1 Å². The van der Waals surface area contributed by atoms with Crippen molar-refractivity contribution in [1.82, 2.24) is 4.90 Å². The highest BCUT2D eigenvalue weighted by Gasteiger charge is 2.35. The van der Waals surface area contributed by atoms with Crippen molar-refractivity contribution in [3.63, 3.8) is 0 Å². The number of pyridine rings is 1. The molecule has 0 bridgehead atoms. The molecule has 1 saturated heterocycles. The maximum absolute atomic E-state index is 12.2. The van der Waals surface area contributed by atoms with E-state index in [1.54, 1.807) is 0 Å². The van der Waals surface area contributed by atoms with E-state index in [4.69, 9.17) is 0 Å². The highest BCUT2D eigenvalue weighted by atomic mass is 16.5. The van der Waals surface area contributed by atoms with Crippen molar-refractivity contribution >= 4 is 11.9 Å². The van der Waals surface area contributed by atoms with Crippen LogP contribution >= 0.6 is 0 Å². The highest BCUT2D eigenvalue weighted by molar-refractivity contribution is 5.96. The fraction of sp³-hybridized carbons (Fsp3) is 0.417. The minimum atomic E-state index is -0.512. The van der Waals surface area contributed by atoms with Gasteiger partial charge in [0.25, 0.3) is 5.91 Å². The van der Waals surface area contributed by atoms with Crippen LogP contribution in [0.1, 0.15) is 23.2 Å². The summed E-state index contributed by atoms with van der Waals surface area (Å²) in [6, 6.07) is 2.38. The Morgan fingerprint density at radius 2 is 2.11 bits per heavy atom. The van der Waals surface area contributed by atoms with E-state index in [0.717, 1.165) is 6.42 Å². The van der Waals surface area contributed by atoms with Crippen molar-refractivity contribution in [3.05, 3.63) is 35.3 Å². The third-order valence-corrected chi connectivity index (χ3v) is 3.04. The van der Waals surface area contributed by atoms with Crippen LogP contribution in [0, 0.1) is 5.21 Å². The van der Waals surface area contributed by atoms with Crippen molar-refractivity contribution in [2.24, 2.45) is 0 Å². The zero-order chi connectivity index (χ0) is 13.1. The molecule has 1 aromatic heterocycles. The summed E-state index contributed by atoms with van der Waals surface area (Å²) in [4.78, 5) is 25.2. The lowest BCUT2D eigenvalue weighted by Crippen LogP contribution is -2.41. The van der Waals surface area contributed by atoms with Crippen LogP contribution in [0.5, 0.6) is 0 Å². The molecule has 1 atom stereocenters.